The summed E-state index contributed by atoms with van der Waals surface area (Å²) >= 11 is 4.59. The number of carbonyl (C=O) groups excluding carboxylic acids is 1. The third-order valence-electron chi connectivity index (χ3n) is 5.49. The van der Waals surface area contributed by atoms with E-state index in [1.807, 2.05) is 0 Å². The summed E-state index contributed by atoms with van der Waals surface area (Å²) in [5.74, 6) is -0.0531. The normalized spacial score (nSPS) is 22.8. The number of nitrogens with two attached hydrogens (primary N) is 1. The lowest BCUT2D eigenvalue weighted by molar-refractivity contribution is -0.120. The summed E-state index contributed by atoms with van der Waals surface area (Å²) in [4.78, 5) is 14.5. The largest absolute Gasteiger partial charge is 0.368 e. The second-order valence-electron chi connectivity index (χ2n) is 8.68. The summed E-state index contributed by atoms with van der Waals surface area (Å²) < 4.78 is 0. The second-order valence-corrected chi connectivity index (χ2v) is 9.41. The van der Waals surface area contributed by atoms with Crippen LogP contribution in [0.2, 0.25) is 0 Å². The van der Waals surface area contributed by atoms with Gasteiger partial charge in [0, 0.05) is 30.1 Å². The van der Waals surface area contributed by atoms with Gasteiger partial charge in [-0.1, -0.05) is 53.2 Å². The van der Waals surface area contributed by atoms with Crippen molar-refractivity contribution in [1.29, 1.82) is 0 Å². The van der Waals surface area contributed by atoms with Crippen LogP contribution in [0.25, 0.3) is 0 Å². The third-order valence-corrected chi connectivity index (χ3v) is 5.88. The predicted molar refractivity (Wildman–Crippen MR) is 114 cm³/mol. The number of amides is 1. The molecule has 2 rings (SSSR count). The number of anilines is 1. The van der Waals surface area contributed by atoms with Crippen LogP contribution < -0.4 is 16.0 Å². The van der Waals surface area contributed by atoms with E-state index in [9.17, 15) is 4.79 Å². The number of nitrogens with zero attached hydrogens (tertiary/aromatic N) is 1. The zero-order chi connectivity index (χ0) is 19.5. The Morgan fingerprint density at radius 3 is 2.38 bits per heavy atom. The first-order valence-corrected chi connectivity index (χ1v) is 10.2. The van der Waals surface area contributed by atoms with Crippen LogP contribution in [0.4, 0.5) is 5.69 Å². The molecule has 0 saturated carbocycles. The second kappa shape index (κ2) is 8.66. The van der Waals surface area contributed by atoms with Crippen molar-refractivity contribution in [2.24, 2.45) is 11.7 Å². The number of nitrogens with one attached hydrogen (secondary N) is 1. The standard InChI is InChI=1S/C21H35N3OS/c1-6-14(2)19(20(22)25)24(13-16-11-18(26)12-23-16)17-9-7-15(8-10-17)21(3,4)5/h7-10,14,16,18-19,23,26H,6,11-13H2,1-5H3,(H2,22,25)/t14-,16-,18-,19-/m0/s1. The van der Waals surface area contributed by atoms with Crippen LogP contribution in [0.5, 0.6) is 0 Å². The topological polar surface area (TPSA) is 58.4 Å². The fraction of sp³-hybridized carbons (Fsp3) is 0.667. The number of primary amides is 1. The van der Waals surface area contributed by atoms with E-state index in [2.05, 4.69) is 81.7 Å². The molecule has 1 saturated heterocycles. The van der Waals surface area contributed by atoms with Crippen molar-refractivity contribution in [3.05, 3.63) is 29.8 Å². The maximum Gasteiger partial charge on any atom is 0.240 e. The molecule has 4 atom stereocenters. The lowest BCUT2D eigenvalue weighted by atomic mass is 9.87. The van der Waals surface area contributed by atoms with Crippen molar-refractivity contribution in [3.8, 4) is 0 Å². The molecule has 3 N–H and O–H groups in total. The highest BCUT2D eigenvalue weighted by Crippen LogP contribution is 2.28. The Labute approximate surface area is 164 Å². The molecule has 1 fully saturated rings. The molecule has 1 aromatic rings. The number of carbonyl (C=O) groups is 1. The van der Waals surface area contributed by atoms with Crippen LogP contribution in [0, 0.1) is 5.92 Å². The van der Waals surface area contributed by atoms with Gasteiger partial charge in [-0.2, -0.15) is 12.6 Å². The number of thiol groups is 1. The minimum absolute atomic E-state index is 0.107. The molecule has 4 nitrogen and oxygen atoms in total. The first-order valence-electron chi connectivity index (χ1n) is 9.71. The van der Waals surface area contributed by atoms with Crippen molar-refractivity contribution in [3.63, 3.8) is 0 Å². The van der Waals surface area contributed by atoms with Gasteiger partial charge in [-0.3, -0.25) is 4.79 Å². The van der Waals surface area contributed by atoms with Gasteiger partial charge in [-0.15, -0.1) is 0 Å². The van der Waals surface area contributed by atoms with Crippen molar-refractivity contribution in [2.45, 2.75) is 70.2 Å². The summed E-state index contributed by atoms with van der Waals surface area (Å²) in [6.45, 7) is 12.5. The van der Waals surface area contributed by atoms with Gasteiger partial charge in [0.2, 0.25) is 5.91 Å². The first kappa shape index (κ1) is 21.1. The molecule has 0 unspecified atom stereocenters. The summed E-state index contributed by atoms with van der Waals surface area (Å²) in [5.41, 5.74) is 8.29. The Bertz CT molecular complexity index is 596. The average molecular weight is 378 g/mol. The van der Waals surface area contributed by atoms with Crippen LogP contribution in [-0.2, 0) is 10.2 Å². The van der Waals surface area contributed by atoms with E-state index in [1.165, 1.54) is 5.56 Å². The van der Waals surface area contributed by atoms with Crippen molar-refractivity contribution >= 4 is 24.2 Å². The van der Waals surface area contributed by atoms with Gasteiger partial charge in [-0.25, -0.2) is 0 Å². The molecule has 1 aliphatic heterocycles. The molecule has 1 aromatic carbocycles. The summed E-state index contributed by atoms with van der Waals surface area (Å²) in [6, 6.07) is 8.62. The van der Waals surface area contributed by atoms with Crippen LogP contribution in [0.15, 0.2) is 24.3 Å². The van der Waals surface area contributed by atoms with Gasteiger partial charge in [0.25, 0.3) is 0 Å². The van der Waals surface area contributed by atoms with Gasteiger partial charge in [0.1, 0.15) is 6.04 Å². The van der Waals surface area contributed by atoms with Gasteiger partial charge in [0.05, 0.1) is 0 Å². The molecule has 1 heterocycles. The molecule has 0 bridgehead atoms. The summed E-state index contributed by atoms with van der Waals surface area (Å²) in [5, 5.41) is 3.90. The first-order chi connectivity index (χ1) is 12.1. The Morgan fingerprint density at radius 2 is 1.96 bits per heavy atom. The van der Waals surface area contributed by atoms with Crippen molar-refractivity contribution in [2.75, 3.05) is 18.0 Å². The van der Waals surface area contributed by atoms with Gasteiger partial charge < -0.3 is 16.0 Å². The van der Waals surface area contributed by atoms with Crippen molar-refractivity contribution < 1.29 is 4.79 Å². The van der Waals surface area contributed by atoms with E-state index in [4.69, 9.17) is 5.73 Å². The monoisotopic (exact) mass is 377 g/mol. The Kier molecular flexibility index (Phi) is 7.03. The maximum absolute atomic E-state index is 12.3. The highest BCUT2D eigenvalue weighted by Gasteiger charge is 2.32. The number of hydrogen-bond acceptors (Lipinski definition) is 4. The van der Waals surface area contributed by atoms with E-state index in [0.717, 1.165) is 31.6 Å². The number of hydrogen-bond donors (Lipinski definition) is 3. The lowest BCUT2D eigenvalue weighted by Crippen LogP contribution is -2.52. The SMILES string of the molecule is CC[C@H](C)[C@@H](C(N)=O)N(C[C@@H]1C[C@H](S)CN1)c1ccc(C(C)(C)C)cc1. The molecule has 146 valence electrons. The smallest absolute Gasteiger partial charge is 0.240 e. The highest BCUT2D eigenvalue weighted by atomic mass is 32.1. The summed E-state index contributed by atoms with van der Waals surface area (Å²) in [6.07, 6.45) is 1.92. The Balaban J connectivity index is 2.33. The predicted octanol–water partition coefficient (Wildman–Crippen LogP) is 3.35. The molecule has 5 heteroatoms. The van der Waals surface area contributed by atoms with Gasteiger partial charge >= 0.3 is 0 Å². The number of benzene rings is 1. The summed E-state index contributed by atoms with van der Waals surface area (Å²) in [7, 11) is 0. The molecular formula is C21H35N3OS. The van der Waals surface area contributed by atoms with E-state index in [1.54, 1.807) is 0 Å². The van der Waals surface area contributed by atoms with E-state index in [0.29, 0.717) is 11.3 Å². The van der Waals surface area contributed by atoms with Gasteiger partial charge in [0.15, 0.2) is 0 Å². The zero-order valence-electron chi connectivity index (χ0n) is 16.8. The molecule has 0 aliphatic carbocycles. The van der Waals surface area contributed by atoms with Crippen molar-refractivity contribution in [1.82, 2.24) is 5.32 Å². The zero-order valence-corrected chi connectivity index (χ0v) is 17.7. The molecule has 0 radical (unpaired) electrons. The maximum atomic E-state index is 12.3. The van der Waals surface area contributed by atoms with Crippen LogP contribution in [-0.4, -0.2) is 36.3 Å². The van der Waals surface area contributed by atoms with Crippen LogP contribution in [0.3, 0.4) is 0 Å². The van der Waals surface area contributed by atoms with Crippen LogP contribution in [0.1, 0.15) is 53.0 Å². The minimum Gasteiger partial charge on any atom is -0.368 e. The highest BCUT2D eigenvalue weighted by molar-refractivity contribution is 7.81. The molecule has 0 aromatic heterocycles. The van der Waals surface area contributed by atoms with E-state index >= 15 is 0 Å². The number of rotatable bonds is 7. The fourth-order valence-corrected chi connectivity index (χ4v) is 4.03. The van der Waals surface area contributed by atoms with E-state index in [-0.39, 0.29) is 23.3 Å². The quantitative estimate of drug-likeness (QED) is 0.639. The molecule has 1 aliphatic rings. The van der Waals surface area contributed by atoms with Gasteiger partial charge in [-0.05, 0) is 35.4 Å². The fourth-order valence-electron chi connectivity index (χ4n) is 3.67. The molecular weight excluding hydrogens is 342 g/mol. The average Bonchev–Trinajstić information content (AvgIpc) is 2.98. The van der Waals surface area contributed by atoms with E-state index < -0.39 is 0 Å². The lowest BCUT2D eigenvalue weighted by Gasteiger charge is -2.37. The molecule has 0 spiro atoms. The third kappa shape index (κ3) is 5.17. The van der Waals surface area contributed by atoms with Crippen LogP contribution >= 0.6 is 12.6 Å². The Hall–Kier alpha value is -1.20. The molecule has 1 amide bonds. The minimum atomic E-state index is -0.304. The Morgan fingerprint density at radius 1 is 1.35 bits per heavy atom. The molecule has 26 heavy (non-hydrogen) atoms.